The van der Waals surface area contributed by atoms with Gasteiger partial charge in [-0.15, -0.1) is 0 Å². The van der Waals surface area contributed by atoms with Gasteiger partial charge in [-0.2, -0.15) is 0 Å². The summed E-state index contributed by atoms with van der Waals surface area (Å²) < 4.78 is 0. The van der Waals surface area contributed by atoms with E-state index in [0.29, 0.717) is 20.1 Å². The Bertz CT molecular complexity index is 401. The third-order valence-corrected chi connectivity index (χ3v) is 4.47. The largest absolute Gasteiger partial charge is 0.0928 e. The van der Waals surface area contributed by atoms with Gasteiger partial charge in [-0.25, -0.2) is 0 Å². The highest BCUT2D eigenvalue weighted by Gasteiger charge is 2.27. The zero-order chi connectivity index (χ0) is 12.5. The van der Waals surface area contributed by atoms with Crippen LogP contribution in [0.15, 0.2) is 6.07 Å². The molecule has 0 heterocycles. The minimum absolute atomic E-state index is 0.147. The van der Waals surface area contributed by atoms with Crippen molar-refractivity contribution in [3.8, 4) is 0 Å². The Balaban J connectivity index is 3.39. The van der Waals surface area contributed by atoms with E-state index in [0.717, 1.165) is 17.3 Å². The van der Waals surface area contributed by atoms with Crippen LogP contribution in [0.3, 0.4) is 0 Å². The lowest BCUT2D eigenvalue weighted by Crippen LogP contribution is -2.19. The second-order valence-electron chi connectivity index (χ2n) is 4.17. The van der Waals surface area contributed by atoms with Gasteiger partial charge in [-0.3, -0.25) is 0 Å². The van der Waals surface area contributed by atoms with Gasteiger partial charge in [0.05, 0.1) is 15.1 Å². The molecule has 0 aliphatic heterocycles. The average molecular weight is 365 g/mol. The van der Waals surface area contributed by atoms with Crippen molar-refractivity contribution in [2.45, 2.75) is 25.7 Å². The van der Waals surface area contributed by atoms with Gasteiger partial charge in [-0.05, 0) is 23.5 Å². The summed E-state index contributed by atoms with van der Waals surface area (Å²) in [5, 5.41) is 2.63. The highest BCUT2D eigenvalue weighted by molar-refractivity contribution is 9.09. The third-order valence-electron chi connectivity index (χ3n) is 2.51. The normalized spacial score (nSPS) is 11.9. The van der Waals surface area contributed by atoms with Crippen LogP contribution in [-0.2, 0) is 5.41 Å². The molecule has 0 saturated carbocycles. The molecule has 0 amide bonds. The van der Waals surface area contributed by atoms with Crippen LogP contribution in [0.2, 0.25) is 20.1 Å². The van der Waals surface area contributed by atoms with E-state index in [-0.39, 0.29) is 5.41 Å². The van der Waals surface area contributed by atoms with E-state index in [1.165, 1.54) is 0 Å². The molecule has 90 valence electrons. The predicted molar refractivity (Wildman–Crippen MR) is 77.9 cm³/mol. The summed E-state index contributed by atoms with van der Waals surface area (Å²) in [4.78, 5) is 0. The number of alkyl halides is 1. The van der Waals surface area contributed by atoms with E-state index in [4.69, 9.17) is 46.4 Å². The van der Waals surface area contributed by atoms with Crippen molar-refractivity contribution in [3.63, 3.8) is 0 Å². The molecule has 0 radical (unpaired) electrons. The van der Waals surface area contributed by atoms with Crippen molar-refractivity contribution in [2.75, 3.05) is 5.33 Å². The fraction of sp³-hybridized carbons (Fsp3) is 0.455. The maximum atomic E-state index is 6.21. The van der Waals surface area contributed by atoms with E-state index in [9.17, 15) is 0 Å². The Morgan fingerprint density at radius 1 is 1.06 bits per heavy atom. The Kier molecular flexibility index (Phi) is 5.28. The second-order valence-corrected chi connectivity index (χ2v) is 6.53. The summed E-state index contributed by atoms with van der Waals surface area (Å²) in [6, 6.07) is 1.64. The molecule has 0 aliphatic carbocycles. The molecule has 16 heavy (non-hydrogen) atoms. The van der Waals surface area contributed by atoms with E-state index in [1.54, 1.807) is 6.07 Å². The quantitative estimate of drug-likeness (QED) is 0.332. The summed E-state index contributed by atoms with van der Waals surface area (Å²) >= 11 is 27.7. The van der Waals surface area contributed by atoms with Crippen LogP contribution >= 0.6 is 62.3 Å². The molecule has 1 rings (SSSR count). The lowest BCUT2D eigenvalue weighted by molar-refractivity contribution is 0.513. The van der Waals surface area contributed by atoms with E-state index >= 15 is 0 Å². The topological polar surface area (TPSA) is 0 Å². The lowest BCUT2D eigenvalue weighted by Gasteiger charge is -2.27. The third kappa shape index (κ3) is 3.00. The van der Waals surface area contributed by atoms with Crippen molar-refractivity contribution in [3.05, 3.63) is 31.7 Å². The van der Waals surface area contributed by atoms with Gasteiger partial charge in [-0.1, -0.05) is 76.2 Å². The highest BCUT2D eigenvalue weighted by atomic mass is 79.9. The molecule has 0 fully saturated rings. The first-order valence-electron chi connectivity index (χ1n) is 4.70. The molecule has 0 unspecified atom stereocenters. The molecular formula is C11H11BrCl4. The number of hydrogen-bond acceptors (Lipinski definition) is 0. The van der Waals surface area contributed by atoms with Gasteiger partial charge >= 0.3 is 0 Å². The molecule has 5 heteroatoms. The standard InChI is InChI=1S/C11H11BrCl4/c1-11(2,3-4-12)8-6(13)5-7(14)9(15)10(8)16/h5H,3-4H2,1-2H3. The van der Waals surface area contributed by atoms with Crippen LogP contribution in [-0.4, -0.2) is 5.33 Å². The predicted octanol–water partition coefficient (Wildman–Crippen LogP) is 6.36. The van der Waals surface area contributed by atoms with Crippen LogP contribution in [0, 0.1) is 0 Å². The van der Waals surface area contributed by atoms with Crippen molar-refractivity contribution in [1.82, 2.24) is 0 Å². The van der Waals surface area contributed by atoms with Crippen LogP contribution in [0.4, 0.5) is 0 Å². The molecule has 0 N–H and O–H groups in total. The number of hydrogen-bond donors (Lipinski definition) is 0. The van der Waals surface area contributed by atoms with E-state index < -0.39 is 0 Å². The average Bonchev–Trinajstić information content (AvgIpc) is 2.13. The Morgan fingerprint density at radius 3 is 2.12 bits per heavy atom. The van der Waals surface area contributed by atoms with Crippen LogP contribution in [0.1, 0.15) is 25.8 Å². The summed E-state index contributed by atoms with van der Waals surface area (Å²) in [6.07, 6.45) is 0.907. The maximum absolute atomic E-state index is 6.21. The summed E-state index contributed by atoms with van der Waals surface area (Å²) in [6.45, 7) is 4.15. The molecule has 0 atom stereocenters. The van der Waals surface area contributed by atoms with Crippen molar-refractivity contribution in [1.29, 1.82) is 0 Å². The van der Waals surface area contributed by atoms with Gasteiger partial charge < -0.3 is 0 Å². The SMILES string of the molecule is CC(C)(CCBr)c1c(Cl)cc(Cl)c(Cl)c1Cl. The summed E-state index contributed by atoms with van der Waals surface area (Å²) in [5.74, 6) is 0. The minimum Gasteiger partial charge on any atom is -0.0928 e. The maximum Gasteiger partial charge on any atom is 0.0782 e. The van der Waals surface area contributed by atoms with Gasteiger partial charge in [0, 0.05) is 10.4 Å². The first-order valence-corrected chi connectivity index (χ1v) is 7.34. The molecule has 0 nitrogen and oxygen atoms in total. The molecule has 0 aromatic heterocycles. The van der Waals surface area contributed by atoms with Crippen molar-refractivity contribution >= 4 is 62.3 Å². The van der Waals surface area contributed by atoms with Gasteiger partial charge in [0.1, 0.15) is 0 Å². The fourth-order valence-corrected chi connectivity index (χ4v) is 3.96. The smallest absolute Gasteiger partial charge is 0.0782 e. The highest BCUT2D eigenvalue weighted by Crippen LogP contribution is 2.44. The van der Waals surface area contributed by atoms with Gasteiger partial charge in [0.25, 0.3) is 0 Å². The Hall–Kier alpha value is 0.860. The molecule has 0 spiro atoms. The van der Waals surface area contributed by atoms with Gasteiger partial charge in [0.2, 0.25) is 0 Å². The number of rotatable bonds is 3. The van der Waals surface area contributed by atoms with Crippen molar-refractivity contribution in [2.24, 2.45) is 0 Å². The van der Waals surface area contributed by atoms with Crippen molar-refractivity contribution < 1.29 is 0 Å². The van der Waals surface area contributed by atoms with E-state index in [2.05, 4.69) is 29.8 Å². The summed E-state index contributed by atoms with van der Waals surface area (Å²) in [7, 11) is 0. The van der Waals surface area contributed by atoms with Gasteiger partial charge in [0.15, 0.2) is 0 Å². The second kappa shape index (κ2) is 5.67. The molecule has 0 aliphatic rings. The molecule has 0 saturated heterocycles. The Labute approximate surface area is 124 Å². The number of halogens is 5. The molecular weight excluding hydrogens is 354 g/mol. The van der Waals surface area contributed by atoms with Crippen LogP contribution < -0.4 is 0 Å². The lowest BCUT2D eigenvalue weighted by atomic mass is 9.82. The zero-order valence-electron chi connectivity index (χ0n) is 8.88. The zero-order valence-corrected chi connectivity index (χ0v) is 13.5. The first-order chi connectivity index (χ1) is 7.31. The monoisotopic (exact) mass is 362 g/mol. The molecule has 1 aromatic rings. The number of benzene rings is 1. The van der Waals surface area contributed by atoms with Crippen LogP contribution in [0.5, 0.6) is 0 Å². The molecule has 0 bridgehead atoms. The molecule has 1 aromatic carbocycles. The Morgan fingerprint density at radius 2 is 1.62 bits per heavy atom. The van der Waals surface area contributed by atoms with Crippen LogP contribution in [0.25, 0.3) is 0 Å². The fourth-order valence-electron chi connectivity index (χ4n) is 1.55. The van der Waals surface area contributed by atoms with E-state index in [1.807, 2.05) is 0 Å². The summed E-state index contributed by atoms with van der Waals surface area (Å²) in [5.41, 5.74) is 0.705. The minimum atomic E-state index is -0.147. The first kappa shape index (κ1) is 14.9.